The fourth-order valence-electron chi connectivity index (χ4n) is 2.75. The number of nitrogens with zero attached hydrogens (tertiary/aromatic N) is 1. The van der Waals surface area contributed by atoms with Crippen molar-refractivity contribution in [2.45, 2.75) is 47.5 Å². The van der Waals surface area contributed by atoms with Crippen LogP contribution in [0.2, 0.25) is 0 Å². The first-order valence-corrected chi connectivity index (χ1v) is 8.28. The summed E-state index contributed by atoms with van der Waals surface area (Å²) in [6.45, 7) is 9.99. The second-order valence-corrected chi connectivity index (χ2v) is 5.00. The van der Waals surface area contributed by atoms with E-state index in [0.29, 0.717) is 18.5 Å². The molecule has 3 rings (SSSR count). The van der Waals surface area contributed by atoms with E-state index in [9.17, 15) is 9.59 Å². The Kier molecular flexibility index (Phi) is 7.03. The number of fused-ring (bicyclic) bond motifs is 1. The zero-order chi connectivity index (χ0) is 16.7. The van der Waals surface area contributed by atoms with E-state index in [-0.39, 0.29) is 23.7 Å². The van der Waals surface area contributed by atoms with Gasteiger partial charge in [0, 0.05) is 0 Å². The van der Waals surface area contributed by atoms with Crippen LogP contribution in [0.1, 0.15) is 46.1 Å². The van der Waals surface area contributed by atoms with E-state index in [4.69, 9.17) is 0 Å². The highest BCUT2D eigenvalue weighted by Gasteiger charge is 2.47. The van der Waals surface area contributed by atoms with Crippen LogP contribution in [0.4, 0.5) is 5.69 Å². The van der Waals surface area contributed by atoms with Crippen molar-refractivity contribution >= 4 is 17.5 Å². The van der Waals surface area contributed by atoms with E-state index < -0.39 is 0 Å². The van der Waals surface area contributed by atoms with Gasteiger partial charge < -0.3 is 0 Å². The maximum Gasteiger partial charge on any atom is 0.238 e. The predicted molar refractivity (Wildman–Crippen MR) is 91.7 cm³/mol. The molecule has 2 amide bonds. The third-order valence-corrected chi connectivity index (χ3v) is 3.80. The lowest BCUT2D eigenvalue weighted by Gasteiger charge is -2.14. The summed E-state index contributed by atoms with van der Waals surface area (Å²) in [5.41, 5.74) is 1.82. The summed E-state index contributed by atoms with van der Waals surface area (Å²) >= 11 is 0. The Labute approximate surface area is 134 Å². The first-order chi connectivity index (χ1) is 10.7. The number of rotatable bonds is 1. The van der Waals surface area contributed by atoms with E-state index in [1.165, 1.54) is 4.90 Å². The zero-order valence-corrected chi connectivity index (χ0v) is 14.3. The van der Waals surface area contributed by atoms with Crippen molar-refractivity contribution in [3.8, 4) is 0 Å². The molecule has 1 fully saturated rings. The molecular formula is C19H27NO2. The molecule has 0 bridgehead atoms. The van der Waals surface area contributed by atoms with Crippen LogP contribution in [0.15, 0.2) is 36.4 Å². The van der Waals surface area contributed by atoms with Crippen molar-refractivity contribution in [1.82, 2.24) is 0 Å². The highest BCUT2D eigenvalue weighted by molar-refractivity contribution is 6.22. The summed E-state index contributed by atoms with van der Waals surface area (Å²) in [6, 6.07) is 7.54. The number of hydrogen-bond donors (Lipinski definition) is 0. The number of carbonyl (C=O) groups excluding carboxylic acids is 2. The molecule has 2 aliphatic rings. The molecule has 3 heteroatoms. The Balaban J connectivity index is 0.000000561. The Morgan fingerprint density at radius 3 is 1.64 bits per heavy atom. The van der Waals surface area contributed by atoms with Gasteiger partial charge in [-0.15, -0.1) is 0 Å². The van der Waals surface area contributed by atoms with E-state index in [2.05, 4.69) is 0 Å². The van der Waals surface area contributed by atoms with Gasteiger partial charge in [0.05, 0.1) is 17.5 Å². The Bertz CT molecular complexity index is 505. The molecule has 1 saturated heterocycles. The molecule has 1 aromatic rings. The third kappa shape index (κ3) is 3.46. The molecular weight excluding hydrogens is 274 g/mol. The number of imide groups is 1. The number of allylic oxidation sites excluding steroid dienone is 2. The molecule has 22 heavy (non-hydrogen) atoms. The number of hydrogen-bond acceptors (Lipinski definition) is 2. The minimum absolute atomic E-state index is 0.0433. The summed E-state index contributed by atoms with van der Waals surface area (Å²) < 4.78 is 0. The number of amides is 2. The van der Waals surface area contributed by atoms with Crippen molar-refractivity contribution < 1.29 is 9.59 Å². The Morgan fingerprint density at radius 1 is 0.818 bits per heavy atom. The van der Waals surface area contributed by atoms with E-state index in [0.717, 1.165) is 5.56 Å². The molecule has 1 aromatic carbocycles. The van der Waals surface area contributed by atoms with Crippen LogP contribution in [0.3, 0.4) is 0 Å². The molecule has 3 nitrogen and oxygen atoms in total. The summed E-state index contributed by atoms with van der Waals surface area (Å²) in [5.74, 6) is -0.385. The zero-order valence-electron chi connectivity index (χ0n) is 14.3. The monoisotopic (exact) mass is 301 g/mol. The highest BCUT2D eigenvalue weighted by Crippen LogP contribution is 2.37. The second-order valence-electron chi connectivity index (χ2n) is 5.00. The fraction of sp³-hybridized carbons (Fsp3) is 0.474. The summed E-state index contributed by atoms with van der Waals surface area (Å²) in [6.07, 6.45) is 5.39. The van der Waals surface area contributed by atoms with Crippen LogP contribution in [-0.4, -0.2) is 11.8 Å². The first kappa shape index (κ1) is 18.1. The molecule has 2 unspecified atom stereocenters. The van der Waals surface area contributed by atoms with Gasteiger partial charge in [-0.25, -0.2) is 0 Å². The standard InChI is InChI=1S/C15H15NO2.2C2H6/c1-10-6-8-11(9-7-10)16-14(17)12-4-2-3-5-13(12)15(16)18;2*1-2/h2-3,6-9,12-13H,4-5H2,1H3;2*1-2H3. The van der Waals surface area contributed by atoms with Gasteiger partial charge in [-0.3, -0.25) is 14.5 Å². The van der Waals surface area contributed by atoms with Gasteiger partial charge >= 0.3 is 0 Å². The lowest BCUT2D eigenvalue weighted by atomic mass is 9.85. The molecule has 1 aliphatic carbocycles. The van der Waals surface area contributed by atoms with Gasteiger partial charge in [0.2, 0.25) is 11.8 Å². The summed E-state index contributed by atoms with van der Waals surface area (Å²) in [7, 11) is 0. The number of aryl methyl sites for hydroxylation is 1. The average molecular weight is 301 g/mol. The summed E-state index contributed by atoms with van der Waals surface area (Å²) in [5, 5.41) is 0. The third-order valence-electron chi connectivity index (χ3n) is 3.80. The van der Waals surface area contributed by atoms with Crippen molar-refractivity contribution in [3.63, 3.8) is 0 Å². The molecule has 120 valence electrons. The van der Waals surface area contributed by atoms with Gasteiger partial charge in [-0.05, 0) is 31.9 Å². The molecule has 0 spiro atoms. The lowest BCUT2D eigenvalue weighted by Crippen LogP contribution is -2.30. The quantitative estimate of drug-likeness (QED) is 0.565. The van der Waals surface area contributed by atoms with Gasteiger partial charge in [-0.2, -0.15) is 0 Å². The number of benzene rings is 1. The molecule has 0 radical (unpaired) electrons. The van der Waals surface area contributed by atoms with E-state index in [1.807, 2.05) is 71.0 Å². The molecule has 2 atom stereocenters. The maximum atomic E-state index is 12.3. The van der Waals surface area contributed by atoms with Gasteiger partial charge in [0.15, 0.2) is 0 Å². The maximum absolute atomic E-state index is 12.3. The van der Waals surface area contributed by atoms with Crippen LogP contribution in [-0.2, 0) is 9.59 Å². The van der Waals surface area contributed by atoms with Crippen LogP contribution in [0, 0.1) is 18.8 Å². The van der Waals surface area contributed by atoms with Crippen molar-refractivity contribution in [3.05, 3.63) is 42.0 Å². The Hall–Kier alpha value is -1.90. The largest absolute Gasteiger partial charge is 0.274 e. The number of carbonyl (C=O) groups is 2. The smallest absolute Gasteiger partial charge is 0.238 e. The molecule has 0 saturated carbocycles. The molecule has 1 heterocycles. The molecule has 0 N–H and O–H groups in total. The predicted octanol–water partition coefficient (Wildman–Crippen LogP) is 4.50. The van der Waals surface area contributed by atoms with Gasteiger partial charge in [-0.1, -0.05) is 57.5 Å². The van der Waals surface area contributed by atoms with Gasteiger partial charge in [0.25, 0.3) is 0 Å². The highest BCUT2D eigenvalue weighted by atomic mass is 16.2. The van der Waals surface area contributed by atoms with Gasteiger partial charge in [0.1, 0.15) is 0 Å². The van der Waals surface area contributed by atoms with E-state index in [1.54, 1.807) is 0 Å². The van der Waals surface area contributed by atoms with Crippen LogP contribution in [0.25, 0.3) is 0 Å². The Morgan fingerprint density at radius 2 is 1.23 bits per heavy atom. The van der Waals surface area contributed by atoms with Crippen LogP contribution >= 0.6 is 0 Å². The lowest BCUT2D eigenvalue weighted by molar-refractivity contribution is -0.122. The minimum Gasteiger partial charge on any atom is -0.274 e. The molecule has 0 aromatic heterocycles. The molecule has 1 aliphatic heterocycles. The van der Waals surface area contributed by atoms with E-state index >= 15 is 0 Å². The topological polar surface area (TPSA) is 37.4 Å². The normalized spacial score (nSPS) is 22.3. The fourth-order valence-corrected chi connectivity index (χ4v) is 2.75. The summed E-state index contributed by atoms with van der Waals surface area (Å²) in [4.78, 5) is 26.0. The van der Waals surface area contributed by atoms with Crippen LogP contribution < -0.4 is 4.90 Å². The first-order valence-electron chi connectivity index (χ1n) is 8.28. The second kappa shape index (κ2) is 8.52. The SMILES string of the molecule is CC.CC.Cc1ccc(N2C(=O)C3CC=CCC3C2=O)cc1. The average Bonchev–Trinajstić information content (AvgIpc) is 2.84. The van der Waals surface area contributed by atoms with Crippen molar-refractivity contribution in [2.75, 3.05) is 4.90 Å². The number of anilines is 1. The van der Waals surface area contributed by atoms with Crippen LogP contribution in [0.5, 0.6) is 0 Å². The van der Waals surface area contributed by atoms with Crippen molar-refractivity contribution in [2.24, 2.45) is 11.8 Å². The van der Waals surface area contributed by atoms with Crippen molar-refractivity contribution in [1.29, 1.82) is 0 Å². The minimum atomic E-state index is -0.149.